The van der Waals surface area contributed by atoms with E-state index in [1.54, 1.807) is 0 Å². The Hall–Kier alpha value is -1.51. The first-order valence-corrected chi connectivity index (χ1v) is 7.57. The van der Waals surface area contributed by atoms with E-state index in [4.69, 9.17) is 19.9 Å². The summed E-state index contributed by atoms with van der Waals surface area (Å²) in [7, 11) is 2.87. The van der Waals surface area contributed by atoms with Gasteiger partial charge in [-0.3, -0.25) is 4.90 Å². The number of hydrogen-bond donors (Lipinski definition) is 2. The van der Waals surface area contributed by atoms with Crippen molar-refractivity contribution in [1.82, 2.24) is 4.90 Å². The summed E-state index contributed by atoms with van der Waals surface area (Å²) in [6, 6.07) is 0. The third-order valence-corrected chi connectivity index (χ3v) is 4.42. The Labute approximate surface area is 128 Å². The number of nitrogens with two attached hydrogens (primary N) is 1. The van der Waals surface area contributed by atoms with Gasteiger partial charge in [0, 0.05) is 26.2 Å². The van der Waals surface area contributed by atoms with Crippen LogP contribution in [0.2, 0.25) is 0 Å². The van der Waals surface area contributed by atoms with Gasteiger partial charge in [-0.25, -0.2) is 4.79 Å². The summed E-state index contributed by atoms with van der Waals surface area (Å²) in [5, 5.41) is 4.03. The van der Waals surface area contributed by atoms with Crippen LogP contribution in [0.4, 0.5) is 10.7 Å². The van der Waals surface area contributed by atoms with Crippen molar-refractivity contribution in [2.75, 3.05) is 64.7 Å². The van der Waals surface area contributed by atoms with Crippen molar-refractivity contribution in [3.05, 3.63) is 4.88 Å². The quantitative estimate of drug-likeness (QED) is 0.753. The molecular formula is C13H21N3O4S. The van der Waals surface area contributed by atoms with Crippen LogP contribution < -0.4 is 15.8 Å². The Morgan fingerprint density at radius 2 is 2.14 bits per heavy atom. The molecule has 118 valence electrons. The van der Waals surface area contributed by atoms with Crippen molar-refractivity contribution in [1.29, 1.82) is 0 Å². The molecule has 0 unspecified atom stereocenters. The third kappa shape index (κ3) is 3.78. The summed E-state index contributed by atoms with van der Waals surface area (Å²) in [5.41, 5.74) is 6.25. The molecule has 0 aromatic carbocycles. The second-order valence-electron chi connectivity index (χ2n) is 4.58. The molecule has 8 heteroatoms. The van der Waals surface area contributed by atoms with Crippen LogP contribution in [0.25, 0.3) is 0 Å². The molecule has 21 heavy (non-hydrogen) atoms. The molecule has 3 N–H and O–H groups in total. The van der Waals surface area contributed by atoms with Crippen LogP contribution in [0.15, 0.2) is 0 Å². The van der Waals surface area contributed by atoms with E-state index in [-0.39, 0.29) is 0 Å². The second-order valence-corrected chi connectivity index (χ2v) is 5.60. The van der Waals surface area contributed by atoms with Gasteiger partial charge < -0.3 is 25.3 Å². The monoisotopic (exact) mass is 315 g/mol. The molecule has 1 aromatic heterocycles. The summed E-state index contributed by atoms with van der Waals surface area (Å²) >= 11 is 1.25. The van der Waals surface area contributed by atoms with Gasteiger partial charge in [0.2, 0.25) is 0 Å². The molecule has 2 rings (SSSR count). The summed E-state index contributed by atoms with van der Waals surface area (Å²) in [5.74, 6) is 0.0550. The van der Waals surface area contributed by atoms with E-state index in [2.05, 4.69) is 10.2 Å². The van der Waals surface area contributed by atoms with Gasteiger partial charge in [-0.15, -0.1) is 11.3 Å². The number of hydrogen-bond acceptors (Lipinski definition) is 8. The van der Waals surface area contributed by atoms with Crippen LogP contribution in [0.5, 0.6) is 5.75 Å². The Kier molecular flexibility index (Phi) is 5.66. The fourth-order valence-corrected chi connectivity index (χ4v) is 3.18. The van der Waals surface area contributed by atoms with Crippen molar-refractivity contribution < 1.29 is 19.0 Å². The number of carbonyl (C=O) groups excluding carboxylic acids is 1. The topological polar surface area (TPSA) is 86.0 Å². The lowest BCUT2D eigenvalue weighted by Gasteiger charge is -2.26. The average Bonchev–Trinajstić information content (AvgIpc) is 2.83. The fourth-order valence-electron chi connectivity index (χ4n) is 2.14. The highest BCUT2D eigenvalue weighted by atomic mass is 32.1. The number of thiophene rings is 1. The highest BCUT2D eigenvalue weighted by Crippen LogP contribution is 2.42. The van der Waals surface area contributed by atoms with Gasteiger partial charge in [0.1, 0.15) is 15.6 Å². The molecule has 0 spiro atoms. The van der Waals surface area contributed by atoms with Gasteiger partial charge in [-0.1, -0.05) is 0 Å². The average molecular weight is 315 g/mol. The normalized spacial score (nSPS) is 15.7. The van der Waals surface area contributed by atoms with E-state index < -0.39 is 5.97 Å². The van der Waals surface area contributed by atoms with Gasteiger partial charge in [0.05, 0.1) is 27.4 Å². The molecule has 1 fully saturated rings. The number of rotatable bonds is 6. The molecule has 1 aliphatic rings. The van der Waals surface area contributed by atoms with Gasteiger partial charge in [-0.2, -0.15) is 0 Å². The maximum atomic E-state index is 11.6. The first kappa shape index (κ1) is 15.9. The minimum atomic E-state index is -0.447. The van der Waals surface area contributed by atoms with Crippen molar-refractivity contribution in [3.8, 4) is 5.75 Å². The molecular weight excluding hydrogens is 294 g/mol. The molecule has 0 aliphatic carbocycles. The maximum Gasteiger partial charge on any atom is 0.350 e. The van der Waals surface area contributed by atoms with Gasteiger partial charge in [-0.05, 0) is 0 Å². The second kappa shape index (κ2) is 7.48. The Balaban J connectivity index is 1.97. The molecule has 7 nitrogen and oxygen atoms in total. The van der Waals surface area contributed by atoms with Crippen molar-refractivity contribution in [2.45, 2.75) is 0 Å². The number of carbonyl (C=O) groups is 1. The van der Waals surface area contributed by atoms with Crippen molar-refractivity contribution in [3.63, 3.8) is 0 Å². The van der Waals surface area contributed by atoms with Crippen LogP contribution in [0.1, 0.15) is 9.67 Å². The number of morpholine rings is 1. The summed E-state index contributed by atoms with van der Waals surface area (Å²) in [6.07, 6.45) is 0. The highest BCUT2D eigenvalue weighted by molar-refractivity contribution is 7.19. The SMILES string of the molecule is COC(=O)c1sc(NCCN2CCOCC2)c(OC)c1N. The minimum Gasteiger partial charge on any atom is -0.492 e. The maximum absolute atomic E-state index is 11.6. The number of methoxy groups -OCH3 is 2. The predicted octanol–water partition coefficient (Wildman–Crippen LogP) is 0.870. The zero-order chi connectivity index (χ0) is 15.2. The molecule has 1 saturated heterocycles. The molecule has 2 heterocycles. The molecule has 0 saturated carbocycles. The largest absolute Gasteiger partial charge is 0.492 e. The zero-order valence-electron chi connectivity index (χ0n) is 12.3. The van der Waals surface area contributed by atoms with E-state index in [0.717, 1.165) is 44.4 Å². The first-order chi connectivity index (χ1) is 10.2. The number of nitrogens with zero attached hydrogens (tertiary/aromatic N) is 1. The van der Waals surface area contributed by atoms with Gasteiger partial charge in [0.15, 0.2) is 5.75 Å². The lowest BCUT2D eigenvalue weighted by molar-refractivity contribution is 0.0398. The van der Waals surface area contributed by atoms with Gasteiger partial charge in [0.25, 0.3) is 0 Å². The number of nitrogen functional groups attached to an aromatic ring is 1. The number of esters is 1. The molecule has 0 radical (unpaired) electrons. The number of ether oxygens (including phenoxy) is 3. The number of anilines is 2. The van der Waals surface area contributed by atoms with Crippen molar-refractivity contribution in [2.24, 2.45) is 0 Å². The molecule has 0 atom stereocenters. The smallest absolute Gasteiger partial charge is 0.350 e. The zero-order valence-corrected chi connectivity index (χ0v) is 13.1. The third-order valence-electron chi connectivity index (χ3n) is 3.29. The predicted molar refractivity (Wildman–Crippen MR) is 82.4 cm³/mol. The highest BCUT2D eigenvalue weighted by Gasteiger charge is 2.22. The van der Waals surface area contributed by atoms with Gasteiger partial charge >= 0.3 is 5.97 Å². The first-order valence-electron chi connectivity index (χ1n) is 6.76. The van der Waals surface area contributed by atoms with Crippen LogP contribution in [0.3, 0.4) is 0 Å². The molecule has 0 amide bonds. The fraction of sp³-hybridized carbons (Fsp3) is 0.615. The lowest BCUT2D eigenvalue weighted by atomic mass is 10.3. The molecule has 0 bridgehead atoms. The van der Waals surface area contributed by atoms with Crippen LogP contribution >= 0.6 is 11.3 Å². The molecule has 1 aliphatic heterocycles. The van der Waals surface area contributed by atoms with Crippen LogP contribution in [0, 0.1) is 0 Å². The van der Waals surface area contributed by atoms with Crippen LogP contribution in [-0.4, -0.2) is 64.5 Å². The minimum absolute atomic E-state index is 0.322. The van der Waals surface area contributed by atoms with E-state index in [9.17, 15) is 4.79 Å². The van der Waals surface area contributed by atoms with E-state index in [0.29, 0.717) is 16.3 Å². The van der Waals surface area contributed by atoms with E-state index in [1.807, 2.05) is 0 Å². The van der Waals surface area contributed by atoms with E-state index >= 15 is 0 Å². The molecule has 1 aromatic rings. The van der Waals surface area contributed by atoms with Crippen LogP contribution in [-0.2, 0) is 9.47 Å². The summed E-state index contributed by atoms with van der Waals surface area (Å²) in [6.45, 7) is 5.09. The van der Waals surface area contributed by atoms with Crippen molar-refractivity contribution >= 4 is 28.0 Å². The summed E-state index contributed by atoms with van der Waals surface area (Å²) < 4.78 is 15.3. The summed E-state index contributed by atoms with van der Waals surface area (Å²) in [4.78, 5) is 14.3. The Bertz CT molecular complexity index is 486. The lowest BCUT2D eigenvalue weighted by Crippen LogP contribution is -2.38. The van der Waals surface area contributed by atoms with E-state index in [1.165, 1.54) is 25.6 Å². The Morgan fingerprint density at radius 3 is 2.76 bits per heavy atom. The number of nitrogens with one attached hydrogen (secondary N) is 1. The standard InChI is InChI=1S/C13H21N3O4S/c1-18-10-9(14)11(13(17)19-2)21-12(10)15-3-4-16-5-7-20-8-6-16/h15H,3-8,14H2,1-2H3. The Morgan fingerprint density at radius 1 is 1.43 bits per heavy atom.